The quantitative estimate of drug-likeness (QED) is 0.637. The van der Waals surface area contributed by atoms with Crippen molar-refractivity contribution in [2.24, 2.45) is 0 Å². The van der Waals surface area contributed by atoms with Crippen molar-refractivity contribution in [3.05, 3.63) is 29.3 Å². The second kappa shape index (κ2) is 3.07. The van der Waals surface area contributed by atoms with E-state index in [9.17, 15) is 22.8 Å². The first-order valence-corrected chi connectivity index (χ1v) is 4.36. The van der Waals surface area contributed by atoms with Gasteiger partial charge in [-0.15, -0.1) is 0 Å². The summed E-state index contributed by atoms with van der Waals surface area (Å²) in [5, 5.41) is 0. The van der Waals surface area contributed by atoms with E-state index in [4.69, 9.17) is 0 Å². The predicted molar refractivity (Wildman–Crippen MR) is 49.2 cm³/mol. The molecule has 2 rings (SSSR count). The standard InChI is InChI=1S/C10H6F3NO2/c1-14-7-3-2-5(10(11,12)13)4-6(7)8(15)9(14)16/h2-4H,1H3. The molecule has 1 heterocycles. The molecule has 0 N–H and O–H groups in total. The average Bonchev–Trinajstić information content (AvgIpc) is 2.43. The van der Waals surface area contributed by atoms with Gasteiger partial charge in [0.15, 0.2) is 0 Å². The Morgan fingerprint density at radius 3 is 2.38 bits per heavy atom. The monoisotopic (exact) mass is 229 g/mol. The van der Waals surface area contributed by atoms with Gasteiger partial charge in [0.2, 0.25) is 0 Å². The maximum atomic E-state index is 12.4. The smallest absolute Gasteiger partial charge is 0.308 e. The van der Waals surface area contributed by atoms with Crippen molar-refractivity contribution in [1.82, 2.24) is 0 Å². The molecular weight excluding hydrogens is 223 g/mol. The summed E-state index contributed by atoms with van der Waals surface area (Å²) in [6.45, 7) is 0. The molecule has 0 unspecified atom stereocenters. The molecule has 0 aliphatic carbocycles. The molecule has 0 aromatic heterocycles. The number of benzene rings is 1. The number of nitrogens with zero attached hydrogens (tertiary/aromatic N) is 1. The summed E-state index contributed by atoms with van der Waals surface area (Å²) in [5.41, 5.74) is -0.909. The molecule has 0 bridgehead atoms. The normalized spacial score (nSPS) is 15.6. The molecule has 1 aliphatic rings. The number of rotatable bonds is 0. The molecule has 0 saturated carbocycles. The number of ketones is 1. The molecule has 6 heteroatoms. The molecule has 1 aliphatic heterocycles. The lowest BCUT2D eigenvalue weighted by molar-refractivity contribution is -0.137. The zero-order chi connectivity index (χ0) is 12.1. The van der Waals surface area contributed by atoms with E-state index in [0.29, 0.717) is 6.07 Å². The van der Waals surface area contributed by atoms with Gasteiger partial charge in [-0.05, 0) is 18.2 Å². The van der Waals surface area contributed by atoms with Crippen LogP contribution in [0.5, 0.6) is 0 Å². The largest absolute Gasteiger partial charge is 0.416 e. The van der Waals surface area contributed by atoms with Gasteiger partial charge in [-0.3, -0.25) is 9.59 Å². The molecule has 0 fully saturated rings. The van der Waals surface area contributed by atoms with E-state index in [-0.39, 0.29) is 11.3 Å². The van der Waals surface area contributed by atoms with Gasteiger partial charge in [0.1, 0.15) is 0 Å². The third kappa shape index (κ3) is 1.37. The minimum absolute atomic E-state index is 0.192. The highest BCUT2D eigenvalue weighted by molar-refractivity contribution is 6.52. The average molecular weight is 229 g/mol. The molecule has 84 valence electrons. The lowest BCUT2D eigenvalue weighted by Gasteiger charge is -2.10. The molecule has 0 spiro atoms. The molecule has 0 atom stereocenters. The molecule has 1 aromatic carbocycles. The minimum Gasteiger partial charge on any atom is -0.308 e. The maximum Gasteiger partial charge on any atom is 0.416 e. The number of fused-ring (bicyclic) bond motifs is 1. The van der Waals surface area contributed by atoms with Gasteiger partial charge in [0.25, 0.3) is 11.7 Å². The maximum absolute atomic E-state index is 12.4. The predicted octanol–water partition coefficient (Wildman–Crippen LogP) is 1.86. The summed E-state index contributed by atoms with van der Waals surface area (Å²) in [6, 6.07) is 2.68. The van der Waals surface area contributed by atoms with E-state index in [1.54, 1.807) is 0 Å². The Morgan fingerprint density at radius 1 is 1.19 bits per heavy atom. The van der Waals surface area contributed by atoms with Crippen LogP contribution in [0.2, 0.25) is 0 Å². The topological polar surface area (TPSA) is 37.4 Å². The third-order valence-electron chi connectivity index (χ3n) is 2.43. The Kier molecular flexibility index (Phi) is 2.04. The molecule has 16 heavy (non-hydrogen) atoms. The number of carbonyl (C=O) groups excluding carboxylic acids is 2. The fraction of sp³-hybridized carbons (Fsp3) is 0.200. The van der Waals surface area contributed by atoms with Crippen LogP contribution in [0.15, 0.2) is 18.2 Å². The van der Waals surface area contributed by atoms with Crippen LogP contribution < -0.4 is 4.90 Å². The van der Waals surface area contributed by atoms with E-state index < -0.39 is 23.4 Å². The van der Waals surface area contributed by atoms with Crippen LogP contribution in [-0.4, -0.2) is 18.7 Å². The van der Waals surface area contributed by atoms with Crippen molar-refractivity contribution >= 4 is 17.4 Å². The van der Waals surface area contributed by atoms with Crippen molar-refractivity contribution in [3.63, 3.8) is 0 Å². The zero-order valence-electron chi connectivity index (χ0n) is 8.13. The van der Waals surface area contributed by atoms with Gasteiger partial charge in [-0.25, -0.2) is 0 Å². The first-order chi connectivity index (χ1) is 7.32. The second-order valence-corrected chi connectivity index (χ2v) is 3.42. The molecule has 3 nitrogen and oxygen atoms in total. The fourth-order valence-electron chi connectivity index (χ4n) is 1.56. The summed E-state index contributed by atoms with van der Waals surface area (Å²) in [7, 11) is 1.35. The van der Waals surface area contributed by atoms with Crippen LogP contribution in [0.3, 0.4) is 0 Å². The van der Waals surface area contributed by atoms with E-state index in [1.807, 2.05) is 0 Å². The highest BCUT2D eigenvalue weighted by atomic mass is 19.4. The summed E-state index contributed by atoms with van der Waals surface area (Å²) < 4.78 is 37.1. The van der Waals surface area contributed by atoms with E-state index in [1.165, 1.54) is 7.05 Å². The third-order valence-corrected chi connectivity index (χ3v) is 2.43. The van der Waals surface area contributed by atoms with Gasteiger partial charge in [-0.1, -0.05) is 0 Å². The van der Waals surface area contributed by atoms with E-state index >= 15 is 0 Å². The lowest BCUT2D eigenvalue weighted by atomic mass is 10.1. The van der Waals surface area contributed by atoms with Gasteiger partial charge in [-0.2, -0.15) is 13.2 Å². The number of likely N-dealkylation sites (N-methyl/N-ethyl adjacent to an activating group) is 1. The van der Waals surface area contributed by atoms with Gasteiger partial charge < -0.3 is 4.90 Å². The summed E-state index contributed by atoms with van der Waals surface area (Å²) in [6.07, 6.45) is -4.51. The number of hydrogen-bond acceptors (Lipinski definition) is 2. The number of alkyl halides is 3. The number of amides is 1. The zero-order valence-corrected chi connectivity index (χ0v) is 8.13. The van der Waals surface area contributed by atoms with Crippen molar-refractivity contribution in [3.8, 4) is 0 Å². The van der Waals surface area contributed by atoms with Crippen molar-refractivity contribution < 1.29 is 22.8 Å². The van der Waals surface area contributed by atoms with Crippen LogP contribution in [-0.2, 0) is 11.0 Å². The van der Waals surface area contributed by atoms with Crippen LogP contribution in [0, 0.1) is 0 Å². The SMILES string of the molecule is CN1C(=O)C(=O)c2cc(C(F)(F)F)ccc21. The van der Waals surface area contributed by atoms with E-state index in [0.717, 1.165) is 17.0 Å². The van der Waals surface area contributed by atoms with Crippen LogP contribution in [0.25, 0.3) is 0 Å². The molecule has 0 saturated heterocycles. The number of hydrogen-bond donors (Lipinski definition) is 0. The van der Waals surface area contributed by atoms with Crippen LogP contribution in [0.4, 0.5) is 18.9 Å². The van der Waals surface area contributed by atoms with Crippen LogP contribution in [0.1, 0.15) is 15.9 Å². The van der Waals surface area contributed by atoms with Gasteiger partial charge >= 0.3 is 6.18 Å². The summed E-state index contributed by atoms with van der Waals surface area (Å²) in [4.78, 5) is 23.6. The highest BCUT2D eigenvalue weighted by Crippen LogP contribution is 2.35. The van der Waals surface area contributed by atoms with Crippen molar-refractivity contribution in [2.75, 3.05) is 11.9 Å². The Bertz CT molecular complexity index is 493. The first-order valence-electron chi connectivity index (χ1n) is 4.36. The highest BCUT2D eigenvalue weighted by Gasteiger charge is 2.37. The van der Waals surface area contributed by atoms with Gasteiger partial charge in [0.05, 0.1) is 16.8 Å². The Balaban J connectivity index is 2.58. The Hall–Kier alpha value is -1.85. The van der Waals surface area contributed by atoms with E-state index in [2.05, 4.69) is 0 Å². The molecule has 1 aromatic rings. The Morgan fingerprint density at radius 2 is 1.81 bits per heavy atom. The number of halogens is 3. The van der Waals surface area contributed by atoms with Crippen LogP contribution >= 0.6 is 0 Å². The number of anilines is 1. The fourth-order valence-corrected chi connectivity index (χ4v) is 1.56. The summed E-state index contributed by atoms with van der Waals surface area (Å²) in [5.74, 6) is -1.71. The first kappa shape index (κ1) is 10.7. The van der Waals surface area contributed by atoms with Crippen molar-refractivity contribution in [1.29, 1.82) is 0 Å². The summed E-state index contributed by atoms with van der Waals surface area (Å²) >= 11 is 0. The number of carbonyl (C=O) groups is 2. The number of Topliss-reactive ketones (excluding diaryl/α,β-unsaturated/α-hetero) is 1. The second-order valence-electron chi connectivity index (χ2n) is 3.42. The molecule has 0 radical (unpaired) electrons. The van der Waals surface area contributed by atoms with Gasteiger partial charge in [0, 0.05) is 7.05 Å². The molecular formula is C10H6F3NO2. The Labute approximate surface area is 88.5 Å². The minimum atomic E-state index is -4.51. The lowest BCUT2D eigenvalue weighted by Crippen LogP contribution is -2.24. The molecule has 1 amide bonds. The van der Waals surface area contributed by atoms with Crippen molar-refractivity contribution in [2.45, 2.75) is 6.18 Å².